The number of hydrogen-bond donors (Lipinski definition) is 0. The maximum atomic E-state index is 12.6. The summed E-state index contributed by atoms with van der Waals surface area (Å²) in [6.45, 7) is 4.15. The van der Waals surface area contributed by atoms with Crippen LogP contribution in [0.15, 0.2) is 27.1 Å². The Balaban J connectivity index is 1.70. The van der Waals surface area contributed by atoms with Gasteiger partial charge >= 0.3 is 0 Å². The second-order valence-electron chi connectivity index (χ2n) is 5.56. The molecule has 1 aromatic rings. The largest absolute Gasteiger partial charge is 0.337 e. The van der Waals surface area contributed by atoms with Gasteiger partial charge in [0.2, 0.25) is 0 Å². The molecule has 2 fully saturated rings. The summed E-state index contributed by atoms with van der Waals surface area (Å²) in [4.78, 5) is 17.2. The fraction of sp³-hybridized carbons (Fsp3) is 0.533. The first-order valence-electron chi connectivity index (χ1n) is 7.13. The predicted octanol–water partition coefficient (Wildman–Crippen LogP) is 3.52. The monoisotopic (exact) mass is 400 g/mol. The predicted molar refractivity (Wildman–Crippen MR) is 87.0 cm³/mol. The number of carbonyl (C=O) groups is 1. The van der Waals surface area contributed by atoms with Crippen molar-refractivity contribution in [2.75, 3.05) is 26.2 Å². The van der Waals surface area contributed by atoms with Gasteiger partial charge in [-0.2, -0.15) is 0 Å². The molecule has 2 heterocycles. The number of likely N-dealkylation sites (tertiary alicyclic amines) is 2. The molecule has 0 spiro atoms. The van der Waals surface area contributed by atoms with Crippen LogP contribution in [0, 0.1) is 0 Å². The van der Waals surface area contributed by atoms with Gasteiger partial charge in [-0.1, -0.05) is 15.9 Å². The Morgan fingerprint density at radius 1 is 1.15 bits per heavy atom. The lowest BCUT2D eigenvalue weighted by atomic mass is 10.2. The van der Waals surface area contributed by atoms with Crippen LogP contribution >= 0.6 is 31.9 Å². The SMILES string of the molecule is O=C(c1cc(Br)ccc1Br)N1CCC(N2CCCC2)C1. The molecule has 2 saturated heterocycles. The molecule has 1 aromatic carbocycles. The van der Waals surface area contributed by atoms with E-state index in [1.54, 1.807) is 0 Å². The minimum absolute atomic E-state index is 0.139. The summed E-state index contributed by atoms with van der Waals surface area (Å²) in [7, 11) is 0. The van der Waals surface area contributed by atoms with Crippen molar-refractivity contribution in [3.63, 3.8) is 0 Å². The molecule has 1 unspecified atom stereocenters. The van der Waals surface area contributed by atoms with Gasteiger partial charge in [-0.05, 0) is 66.5 Å². The van der Waals surface area contributed by atoms with Crippen molar-refractivity contribution in [1.29, 1.82) is 0 Å². The molecule has 2 aliphatic heterocycles. The van der Waals surface area contributed by atoms with Crippen molar-refractivity contribution in [2.45, 2.75) is 25.3 Å². The van der Waals surface area contributed by atoms with Gasteiger partial charge in [-0.15, -0.1) is 0 Å². The van der Waals surface area contributed by atoms with Crippen LogP contribution in [0.25, 0.3) is 0 Å². The summed E-state index contributed by atoms with van der Waals surface area (Å²) < 4.78 is 1.81. The number of carbonyl (C=O) groups excluding carboxylic acids is 1. The van der Waals surface area contributed by atoms with E-state index < -0.39 is 0 Å². The number of benzene rings is 1. The fourth-order valence-corrected chi connectivity index (χ4v) is 3.94. The van der Waals surface area contributed by atoms with Crippen LogP contribution in [0.2, 0.25) is 0 Å². The summed E-state index contributed by atoms with van der Waals surface area (Å²) in [6.07, 6.45) is 3.72. The summed E-state index contributed by atoms with van der Waals surface area (Å²) in [5, 5.41) is 0. The van der Waals surface area contributed by atoms with Crippen molar-refractivity contribution in [3.8, 4) is 0 Å². The molecule has 0 aliphatic carbocycles. The van der Waals surface area contributed by atoms with E-state index in [-0.39, 0.29) is 5.91 Å². The highest BCUT2D eigenvalue weighted by Gasteiger charge is 2.32. The zero-order chi connectivity index (χ0) is 14.1. The van der Waals surface area contributed by atoms with Crippen LogP contribution in [0.5, 0.6) is 0 Å². The molecule has 5 heteroatoms. The number of rotatable bonds is 2. The van der Waals surface area contributed by atoms with Crippen molar-refractivity contribution < 1.29 is 4.79 Å². The molecule has 20 heavy (non-hydrogen) atoms. The normalized spacial score (nSPS) is 23.5. The van der Waals surface area contributed by atoms with Crippen LogP contribution in [-0.4, -0.2) is 47.9 Å². The van der Waals surface area contributed by atoms with E-state index in [0.29, 0.717) is 6.04 Å². The molecule has 0 N–H and O–H groups in total. The first-order chi connectivity index (χ1) is 9.65. The van der Waals surface area contributed by atoms with Crippen molar-refractivity contribution in [1.82, 2.24) is 9.80 Å². The van der Waals surface area contributed by atoms with Gasteiger partial charge < -0.3 is 4.90 Å². The molecule has 1 amide bonds. The summed E-state index contributed by atoms with van der Waals surface area (Å²) in [6, 6.07) is 6.33. The average molecular weight is 402 g/mol. The lowest BCUT2D eigenvalue weighted by Gasteiger charge is -2.23. The Bertz CT molecular complexity index is 515. The standard InChI is InChI=1S/C15H18Br2N2O/c16-11-3-4-14(17)13(9-11)15(20)19-8-5-12(10-19)18-6-1-2-7-18/h3-4,9,12H,1-2,5-8,10H2. The topological polar surface area (TPSA) is 23.6 Å². The Labute approximate surface area is 136 Å². The molecule has 2 aliphatic rings. The van der Waals surface area contributed by atoms with Crippen molar-refractivity contribution >= 4 is 37.8 Å². The van der Waals surface area contributed by atoms with Crippen LogP contribution in [0.3, 0.4) is 0 Å². The minimum Gasteiger partial charge on any atom is -0.337 e. The van der Waals surface area contributed by atoms with Crippen molar-refractivity contribution in [2.24, 2.45) is 0 Å². The summed E-state index contributed by atoms with van der Waals surface area (Å²) in [5.41, 5.74) is 0.751. The Morgan fingerprint density at radius 2 is 1.90 bits per heavy atom. The van der Waals surface area contributed by atoms with E-state index in [9.17, 15) is 4.79 Å². The molecule has 0 radical (unpaired) electrons. The first-order valence-corrected chi connectivity index (χ1v) is 8.72. The number of amides is 1. The minimum atomic E-state index is 0.139. The Hall–Kier alpha value is -0.390. The molecule has 108 valence electrons. The highest BCUT2D eigenvalue weighted by atomic mass is 79.9. The third-order valence-electron chi connectivity index (χ3n) is 4.27. The maximum absolute atomic E-state index is 12.6. The molecule has 1 atom stereocenters. The van der Waals surface area contributed by atoms with Crippen LogP contribution < -0.4 is 0 Å². The van der Waals surface area contributed by atoms with Gasteiger partial charge in [0, 0.05) is 28.1 Å². The van der Waals surface area contributed by atoms with Gasteiger partial charge in [0.25, 0.3) is 5.91 Å². The molecule has 0 aromatic heterocycles. The van der Waals surface area contributed by atoms with Gasteiger partial charge in [0.15, 0.2) is 0 Å². The summed E-state index contributed by atoms with van der Waals surface area (Å²) in [5.74, 6) is 0.139. The molecular formula is C15H18Br2N2O. The van der Waals surface area contributed by atoms with E-state index in [0.717, 1.165) is 34.0 Å². The van der Waals surface area contributed by atoms with E-state index in [2.05, 4.69) is 36.8 Å². The second kappa shape index (κ2) is 6.16. The number of nitrogens with zero attached hydrogens (tertiary/aromatic N) is 2. The lowest BCUT2D eigenvalue weighted by molar-refractivity contribution is 0.0779. The van der Waals surface area contributed by atoms with E-state index in [4.69, 9.17) is 0 Å². The van der Waals surface area contributed by atoms with Crippen LogP contribution in [-0.2, 0) is 0 Å². The maximum Gasteiger partial charge on any atom is 0.255 e. The zero-order valence-electron chi connectivity index (χ0n) is 11.3. The quantitative estimate of drug-likeness (QED) is 0.756. The van der Waals surface area contributed by atoms with Crippen LogP contribution in [0.4, 0.5) is 0 Å². The van der Waals surface area contributed by atoms with E-state index in [1.165, 1.54) is 25.9 Å². The Morgan fingerprint density at radius 3 is 2.65 bits per heavy atom. The van der Waals surface area contributed by atoms with E-state index in [1.807, 2.05) is 23.1 Å². The van der Waals surface area contributed by atoms with Crippen molar-refractivity contribution in [3.05, 3.63) is 32.7 Å². The summed E-state index contributed by atoms with van der Waals surface area (Å²) >= 11 is 6.92. The van der Waals surface area contributed by atoms with Gasteiger partial charge in [-0.3, -0.25) is 9.69 Å². The average Bonchev–Trinajstić information content (AvgIpc) is 3.10. The number of hydrogen-bond acceptors (Lipinski definition) is 2. The van der Waals surface area contributed by atoms with Crippen LogP contribution in [0.1, 0.15) is 29.6 Å². The lowest BCUT2D eigenvalue weighted by Crippen LogP contribution is -2.37. The van der Waals surface area contributed by atoms with Gasteiger partial charge in [0.1, 0.15) is 0 Å². The highest BCUT2D eigenvalue weighted by Crippen LogP contribution is 2.26. The molecule has 3 nitrogen and oxygen atoms in total. The van der Waals surface area contributed by atoms with Gasteiger partial charge in [-0.25, -0.2) is 0 Å². The Kier molecular flexibility index (Phi) is 4.48. The highest BCUT2D eigenvalue weighted by molar-refractivity contribution is 9.11. The van der Waals surface area contributed by atoms with E-state index >= 15 is 0 Å². The molecular weight excluding hydrogens is 384 g/mol. The fourth-order valence-electron chi connectivity index (χ4n) is 3.16. The third kappa shape index (κ3) is 2.95. The third-order valence-corrected chi connectivity index (χ3v) is 5.45. The molecule has 3 rings (SSSR count). The molecule has 0 saturated carbocycles. The second-order valence-corrected chi connectivity index (χ2v) is 7.33. The first kappa shape index (κ1) is 14.5. The zero-order valence-corrected chi connectivity index (χ0v) is 14.5. The number of halogens is 2. The smallest absolute Gasteiger partial charge is 0.255 e. The molecule has 0 bridgehead atoms. The van der Waals surface area contributed by atoms with Gasteiger partial charge in [0.05, 0.1) is 5.56 Å².